The minimum atomic E-state index is -0.309. The van der Waals surface area contributed by atoms with Gasteiger partial charge in [-0.25, -0.2) is 0 Å². The summed E-state index contributed by atoms with van der Waals surface area (Å²) in [5.74, 6) is 0. The van der Waals surface area contributed by atoms with E-state index in [1.807, 2.05) is 6.07 Å². The predicted octanol–water partition coefficient (Wildman–Crippen LogP) is 2.47. The molecular weight excluding hydrogens is 236 g/mol. The van der Waals surface area contributed by atoms with Crippen LogP contribution in [0.2, 0.25) is 0 Å². The van der Waals surface area contributed by atoms with Crippen LogP contribution in [0.15, 0.2) is 42.5 Å². The van der Waals surface area contributed by atoms with Crippen LogP contribution in [0.25, 0.3) is 10.8 Å². The Morgan fingerprint density at radius 3 is 2.63 bits per heavy atom. The molecule has 19 heavy (non-hydrogen) atoms. The van der Waals surface area contributed by atoms with Gasteiger partial charge in [0, 0.05) is 13.1 Å². The van der Waals surface area contributed by atoms with Gasteiger partial charge in [-0.3, -0.25) is 0 Å². The molecule has 1 N–H and O–H groups in total. The Kier molecular flexibility index (Phi) is 3.20. The molecule has 1 saturated heterocycles. The van der Waals surface area contributed by atoms with Gasteiger partial charge in [0.05, 0.1) is 19.3 Å². The van der Waals surface area contributed by atoms with Gasteiger partial charge >= 0.3 is 0 Å². The number of nitrogens with one attached hydrogen (secondary N) is 1. The minimum absolute atomic E-state index is 0.309. The van der Waals surface area contributed by atoms with Crippen LogP contribution < -0.4 is 5.32 Å². The first-order valence-corrected chi connectivity index (χ1v) is 6.49. The lowest BCUT2D eigenvalue weighted by atomic mass is 9.88. The van der Waals surface area contributed by atoms with Crippen LogP contribution in [0.4, 0.5) is 0 Å². The number of nitriles is 1. The molecule has 1 aliphatic heterocycles. The van der Waals surface area contributed by atoms with Crippen LogP contribution in [0.1, 0.15) is 5.56 Å². The second-order valence-corrected chi connectivity index (χ2v) is 5.17. The third-order valence-electron chi connectivity index (χ3n) is 3.60. The lowest BCUT2D eigenvalue weighted by Gasteiger charge is -2.35. The third-order valence-corrected chi connectivity index (χ3v) is 3.60. The van der Waals surface area contributed by atoms with Crippen molar-refractivity contribution in [1.29, 1.82) is 5.26 Å². The SMILES string of the molecule is N#CC1(CNCc2ccc3ccccc3c2)COC1. The van der Waals surface area contributed by atoms with Crippen molar-refractivity contribution in [3.05, 3.63) is 48.0 Å². The molecule has 0 atom stereocenters. The molecule has 0 amide bonds. The van der Waals surface area contributed by atoms with Crippen LogP contribution in [0, 0.1) is 16.7 Å². The number of hydrogen-bond donors (Lipinski definition) is 1. The maximum atomic E-state index is 9.11. The van der Waals surface area contributed by atoms with E-state index in [1.165, 1.54) is 16.3 Å². The van der Waals surface area contributed by atoms with Gasteiger partial charge in [0.2, 0.25) is 0 Å². The lowest BCUT2D eigenvalue weighted by Crippen LogP contribution is -2.48. The number of ether oxygens (including phenoxy) is 1. The van der Waals surface area contributed by atoms with Gasteiger partial charge in [0.15, 0.2) is 0 Å². The maximum Gasteiger partial charge on any atom is 0.116 e. The van der Waals surface area contributed by atoms with Gasteiger partial charge in [-0.1, -0.05) is 36.4 Å². The summed E-state index contributed by atoms with van der Waals surface area (Å²) in [6.45, 7) is 2.58. The van der Waals surface area contributed by atoms with Crippen LogP contribution in [0.5, 0.6) is 0 Å². The predicted molar refractivity (Wildman–Crippen MR) is 74.5 cm³/mol. The number of fused-ring (bicyclic) bond motifs is 1. The van der Waals surface area contributed by atoms with E-state index in [9.17, 15) is 0 Å². The number of nitrogens with zero attached hydrogens (tertiary/aromatic N) is 1. The molecule has 3 heteroatoms. The molecule has 0 aliphatic carbocycles. The van der Waals surface area contributed by atoms with E-state index in [0.29, 0.717) is 19.8 Å². The zero-order valence-electron chi connectivity index (χ0n) is 10.7. The molecule has 1 aliphatic rings. The summed E-state index contributed by atoms with van der Waals surface area (Å²) in [5, 5.41) is 15.0. The van der Waals surface area contributed by atoms with E-state index in [4.69, 9.17) is 10.00 Å². The second-order valence-electron chi connectivity index (χ2n) is 5.17. The Balaban J connectivity index is 1.64. The zero-order valence-corrected chi connectivity index (χ0v) is 10.7. The summed E-state index contributed by atoms with van der Waals surface area (Å²) in [6, 6.07) is 17.1. The first kappa shape index (κ1) is 12.2. The highest BCUT2D eigenvalue weighted by molar-refractivity contribution is 5.82. The Morgan fingerprint density at radius 2 is 1.95 bits per heavy atom. The number of benzene rings is 2. The molecule has 0 saturated carbocycles. The highest BCUT2D eigenvalue weighted by atomic mass is 16.5. The van der Waals surface area contributed by atoms with Crippen molar-refractivity contribution < 1.29 is 4.74 Å². The van der Waals surface area contributed by atoms with E-state index in [2.05, 4.69) is 47.8 Å². The van der Waals surface area contributed by atoms with Crippen LogP contribution in [-0.2, 0) is 11.3 Å². The van der Waals surface area contributed by atoms with E-state index < -0.39 is 0 Å². The maximum absolute atomic E-state index is 9.11. The van der Waals surface area contributed by atoms with E-state index in [-0.39, 0.29) is 5.41 Å². The van der Waals surface area contributed by atoms with Crippen molar-refractivity contribution in [3.63, 3.8) is 0 Å². The monoisotopic (exact) mass is 252 g/mol. The van der Waals surface area contributed by atoms with E-state index in [1.54, 1.807) is 0 Å². The smallest absolute Gasteiger partial charge is 0.116 e. The molecule has 0 unspecified atom stereocenters. The molecule has 2 aromatic carbocycles. The summed E-state index contributed by atoms with van der Waals surface area (Å²) >= 11 is 0. The normalized spacial score (nSPS) is 16.8. The lowest BCUT2D eigenvalue weighted by molar-refractivity contribution is -0.0755. The molecule has 0 radical (unpaired) electrons. The van der Waals surface area contributed by atoms with Gasteiger partial charge in [0.25, 0.3) is 0 Å². The minimum Gasteiger partial charge on any atom is -0.378 e. The standard InChI is InChI=1S/C16H16N2O/c17-9-16(11-19-12-16)10-18-8-13-5-6-14-3-1-2-4-15(14)7-13/h1-7,18H,8,10-12H2. The molecule has 3 nitrogen and oxygen atoms in total. The molecule has 1 fully saturated rings. The fraction of sp³-hybridized carbons (Fsp3) is 0.312. The quantitative estimate of drug-likeness (QED) is 0.909. The fourth-order valence-electron chi connectivity index (χ4n) is 2.35. The van der Waals surface area contributed by atoms with Crippen LogP contribution in [0.3, 0.4) is 0 Å². The summed E-state index contributed by atoms with van der Waals surface area (Å²) in [7, 11) is 0. The summed E-state index contributed by atoms with van der Waals surface area (Å²) in [5.41, 5.74) is 0.934. The largest absolute Gasteiger partial charge is 0.378 e. The van der Waals surface area contributed by atoms with Crippen molar-refractivity contribution in [2.45, 2.75) is 6.54 Å². The van der Waals surface area contributed by atoms with Gasteiger partial charge in [-0.2, -0.15) is 5.26 Å². The molecule has 1 heterocycles. The Morgan fingerprint density at radius 1 is 1.16 bits per heavy atom. The number of rotatable bonds is 4. The van der Waals surface area contributed by atoms with E-state index in [0.717, 1.165) is 6.54 Å². The Hall–Kier alpha value is -1.89. The molecule has 96 valence electrons. The molecule has 3 rings (SSSR count). The summed E-state index contributed by atoms with van der Waals surface area (Å²) < 4.78 is 5.13. The van der Waals surface area contributed by atoms with Crippen molar-refractivity contribution in [3.8, 4) is 6.07 Å². The third kappa shape index (κ3) is 2.46. The number of hydrogen-bond acceptors (Lipinski definition) is 3. The Bertz CT molecular complexity index is 626. The van der Waals surface area contributed by atoms with Crippen LogP contribution in [-0.4, -0.2) is 19.8 Å². The topological polar surface area (TPSA) is 45.0 Å². The first-order valence-electron chi connectivity index (χ1n) is 6.49. The molecule has 2 aromatic rings. The average Bonchev–Trinajstić information content (AvgIpc) is 2.42. The highest BCUT2D eigenvalue weighted by Crippen LogP contribution is 2.25. The molecular formula is C16H16N2O. The van der Waals surface area contributed by atoms with Crippen molar-refractivity contribution in [2.75, 3.05) is 19.8 Å². The zero-order chi connectivity index (χ0) is 13.1. The summed E-state index contributed by atoms with van der Waals surface area (Å²) in [4.78, 5) is 0. The van der Waals surface area contributed by atoms with Gasteiger partial charge in [0.1, 0.15) is 5.41 Å². The molecule has 0 spiro atoms. The van der Waals surface area contributed by atoms with Gasteiger partial charge in [-0.15, -0.1) is 0 Å². The highest BCUT2D eigenvalue weighted by Gasteiger charge is 2.38. The molecule has 0 aromatic heterocycles. The summed E-state index contributed by atoms with van der Waals surface area (Å²) in [6.07, 6.45) is 0. The fourth-order valence-corrected chi connectivity index (χ4v) is 2.35. The molecule has 0 bridgehead atoms. The van der Waals surface area contributed by atoms with Crippen LogP contribution >= 0.6 is 0 Å². The van der Waals surface area contributed by atoms with Crippen molar-refractivity contribution in [2.24, 2.45) is 5.41 Å². The average molecular weight is 252 g/mol. The van der Waals surface area contributed by atoms with Gasteiger partial charge in [-0.05, 0) is 22.4 Å². The first-order chi connectivity index (χ1) is 9.31. The van der Waals surface area contributed by atoms with Gasteiger partial charge < -0.3 is 10.1 Å². The van der Waals surface area contributed by atoms with Crippen molar-refractivity contribution >= 4 is 10.8 Å². The Labute approximate surface area is 112 Å². The van der Waals surface area contributed by atoms with E-state index >= 15 is 0 Å². The van der Waals surface area contributed by atoms with Crippen molar-refractivity contribution in [1.82, 2.24) is 5.32 Å². The second kappa shape index (κ2) is 5.00.